The first-order valence-corrected chi connectivity index (χ1v) is 8.59. The lowest BCUT2D eigenvalue weighted by molar-refractivity contribution is 0.0345. The van der Waals surface area contributed by atoms with Crippen molar-refractivity contribution in [2.45, 2.75) is 26.3 Å². The maximum Gasteiger partial charge on any atom is 0.151 e. The standard InChI is InChI=1S/C12H26N2O3S/c1-3-9-18(15,16)10-4-13-12(2)11-14-5-7-17-8-6-14/h12-13H,3-11H2,1-2H3. The fourth-order valence-electron chi connectivity index (χ4n) is 2.11. The zero-order valence-corrected chi connectivity index (χ0v) is 12.3. The van der Waals surface area contributed by atoms with Crippen LogP contribution in [0, 0.1) is 0 Å². The van der Waals surface area contributed by atoms with Crippen molar-refractivity contribution in [3.63, 3.8) is 0 Å². The lowest BCUT2D eigenvalue weighted by Crippen LogP contribution is -2.45. The molecule has 1 rings (SSSR count). The first-order valence-electron chi connectivity index (χ1n) is 6.77. The lowest BCUT2D eigenvalue weighted by atomic mass is 10.3. The highest BCUT2D eigenvalue weighted by molar-refractivity contribution is 7.91. The Morgan fingerprint density at radius 1 is 1.28 bits per heavy atom. The van der Waals surface area contributed by atoms with E-state index in [1.807, 2.05) is 6.92 Å². The monoisotopic (exact) mass is 278 g/mol. The highest BCUT2D eigenvalue weighted by Crippen LogP contribution is 1.98. The van der Waals surface area contributed by atoms with Gasteiger partial charge in [0.1, 0.15) is 0 Å². The van der Waals surface area contributed by atoms with E-state index in [0.29, 0.717) is 24.8 Å². The molecule has 1 aliphatic rings. The van der Waals surface area contributed by atoms with Gasteiger partial charge in [0.05, 0.1) is 19.0 Å². The Balaban J connectivity index is 2.14. The zero-order valence-electron chi connectivity index (χ0n) is 11.5. The van der Waals surface area contributed by atoms with Crippen LogP contribution in [-0.4, -0.2) is 70.3 Å². The van der Waals surface area contributed by atoms with Crippen molar-refractivity contribution in [1.82, 2.24) is 10.2 Å². The van der Waals surface area contributed by atoms with Gasteiger partial charge in [-0.2, -0.15) is 0 Å². The summed E-state index contributed by atoms with van der Waals surface area (Å²) in [6, 6.07) is 0.319. The minimum Gasteiger partial charge on any atom is -0.379 e. The summed E-state index contributed by atoms with van der Waals surface area (Å²) in [5.74, 6) is 0.542. The number of rotatable bonds is 8. The third-order valence-corrected chi connectivity index (χ3v) is 4.91. The van der Waals surface area contributed by atoms with Gasteiger partial charge in [-0.15, -0.1) is 0 Å². The van der Waals surface area contributed by atoms with Crippen molar-refractivity contribution in [3.05, 3.63) is 0 Å². The Hall–Kier alpha value is -0.170. The Bertz CT molecular complexity index is 313. The summed E-state index contributed by atoms with van der Waals surface area (Å²) >= 11 is 0. The van der Waals surface area contributed by atoms with E-state index in [4.69, 9.17) is 4.74 Å². The summed E-state index contributed by atoms with van der Waals surface area (Å²) in [4.78, 5) is 2.35. The molecule has 0 spiro atoms. The third kappa shape index (κ3) is 6.68. The Labute approximate surface area is 111 Å². The van der Waals surface area contributed by atoms with Crippen LogP contribution in [0.3, 0.4) is 0 Å². The topological polar surface area (TPSA) is 58.6 Å². The van der Waals surface area contributed by atoms with Crippen molar-refractivity contribution in [3.8, 4) is 0 Å². The van der Waals surface area contributed by atoms with Crippen LogP contribution in [0.15, 0.2) is 0 Å². The smallest absolute Gasteiger partial charge is 0.151 e. The van der Waals surface area contributed by atoms with Crippen LogP contribution in [0.1, 0.15) is 20.3 Å². The molecule has 0 bridgehead atoms. The van der Waals surface area contributed by atoms with Gasteiger partial charge < -0.3 is 10.1 Å². The summed E-state index contributed by atoms with van der Waals surface area (Å²) in [5.41, 5.74) is 0. The molecule has 0 aromatic rings. The van der Waals surface area contributed by atoms with E-state index in [0.717, 1.165) is 32.8 Å². The number of nitrogens with zero attached hydrogens (tertiary/aromatic N) is 1. The summed E-state index contributed by atoms with van der Waals surface area (Å²) in [6.07, 6.45) is 0.700. The van der Waals surface area contributed by atoms with Crippen LogP contribution in [0.2, 0.25) is 0 Å². The predicted molar refractivity (Wildman–Crippen MR) is 73.7 cm³/mol. The molecule has 1 unspecified atom stereocenters. The van der Waals surface area contributed by atoms with Gasteiger partial charge >= 0.3 is 0 Å². The molecule has 18 heavy (non-hydrogen) atoms. The van der Waals surface area contributed by atoms with Crippen molar-refractivity contribution in [1.29, 1.82) is 0 Å². The summed E-state index contributed by atoms with van der Waals surface area (Å²) in [5, 5.41) is 3.28. The van der Waals surface area contributed by atoms with Gasteiger partial charge in [0, 0.05) is 38.0 Å². The molecule has 1 atom stereocenters. The molecule has 0 aromatic heterocycles. The fraction of sp³-hybridized carbons (Fsp3) is 1.00. The quantitative estimate of drug-likeness (QED) is 0.683. The number of ether oxygens (including phenoxy) is 1. The summed E-state index contributed by atoms with van der Waals surface area (Å²) in [7, 11) is -2.86. The Morgan fingerprint density at radius 3 is 2.56 bits per heavy atom. The highest BCUT2D eigenvalue weighted by atomic mass is 32.2. The molecule has 1 saturated heterocycles. The number of morpholine rings is 1. The molecule has 6 heteroatoms. The maximum absolute atomic E-state index is 11.5. The van der Waals surface area contributed by atoms with Crippen LogP contribution in [-0.2, 0) is 14.6 Å². The van der Waals surface area contributed by atoms with E-state index >= 15 is 0 Å². The molecular formula is C12H26N2O3S. The zero-order chi connectivity index (χ0) is 13.4. The molecule has 1 N–H and O–H groups in total. The average Bonchev–Trinajstić information content (AvgIpc) is 2.29. The van der Waals surface area contributed by atoms with E-state index in [9.17, 15) is 8.42 Å². The molecular weight excluding hydrogens is 252 g/mol. The van der Waals surface area contributed by atoms with Crippen molar-refractivity contribution < 1.29 is 13.2 Å². The van der Waals surface area contributed by atoms with Crippen LogP contribution in [0.5, 0.6) is 0 Å². The second-order valence-electron chi connectivity index (χ2n) is 4.92. The fourth-order valence-corrected chi connectivity index (χ4v) is 3.36. The predicted octanol–water partition coefficient (Wildman–Crippen LogP) is 0.122. The molecule has 1 fully saturated rings. The van der Waals surface area contributed by atoms with Gasteiger partial charge in [-0.1, -0.05) is 6.92 Å². The van der Waals surface area contributed by atoms with E-state index < -0.39 is 9.84 Å². The summed E-state index contributed by atoms with van der Waals surface area (Å²) in [6.45, 7) is 9.05. The number of hydrogen-bond donors (Lipinski definition) is 1. The van der Waals surface area contributed by atoms with Crippen molar-refractivity contribution >= 4 is 9.84 Å². The molecule has 0 aromatic carbocycles. The van der Waals surface area contributed by atoms with Gasteiger partial charge in [-0.25, -0.2) is 8.42 Å². The van der Waals surface area contributed by atoms with Gasteiger partial charge in [0.2, 0.25) is 0 Å². The molecule has 0 saturated carbocycles. The number of hydrogen-bond acceptors (Lipinski definition) is 5. The van der Waals surface area contributed by atoms with Gasteiger partial charge in [-0.3, -0.25) is 4.90 Å². The number of nitrogens with one attached hydrogen (secondary N) is 1. The van der Waals surface area contributed by atoms with Crippen LogP contribution >= 0.6 is 0 Å². The Kier molecular flexibility index (Phi) is 7.14. The first kappa shape index (κ1) is 15.9. The Morgan fingerprint density at radius 2 is 1.94 bits per heavy atom. The van der Waals surface area contributed by atoms with E-state index in [2.05, 4.69) is 17.1 Å². The van der Waals surface area contributed by atoms with E-state index in [1.165, 1.54) is 0 Å². The SMILES string of the molecule is CCCS(=O)(=O)CCNC(C)CN1CCOCC1. The van der Waals surface area contributed by atoms with Gasteiger partial charge in [0.25, 0.3) is 0 Å². The second kappa shape index (κ2) is 8.09. The minimum atomic E-state index is -2.86. The minimum absolute atomic E-state index is 0.244. The third-order valence-electron chi connectivity index (χ3n) is 3.06. The highest BCUT2D eigenvalue weighted by Gasteiger charge is 2.14. The summed E-state index contributed by atoms with van der Waals surface area (Å²) < 4.78 is 28.4. The molecule has 1 aliphatic heterocycles. The molecule has 5 nitrogen and oxygen atoms in total. The molecule has 1 heterocycles. The average molecular weight is 278 g/mol. The molecule has 0 amide bonds. The van der Waals surface area contributed by atoms with Gasteiger partial charge in [-0.05, 0) is 13.3 Å². The number of sulfone groups is 1. The lowest BCUT2D eigenvalue weighted by Gasteiger charge is -2.29. The van der Waals surface area contributed by atoms with Crippen LogP contribution in [0.4, 0.5) is 0 Å². The molecule has 0 aliphatic carbocycles. The molecule has 0 radical (unpaired) electrons. The van der Waals surface area contributed by atoms with Crippen LogP contribution < -0.4 is 5.32 Å². The molecule has 108 valence electrons. The van der Waals surface area contributed by atoms with Gasteiger partial charge in [0.15, 0.2) is 9.84 Å². The largest absolute Gasteiger partial charge is 0.379 e. The second-order valence-corrected chi connectivity index (χ2v) is 7.22. The maximum atomic E-state index is 11.5. The van der Waals surface area contributed by atoms with E-state index in [1.54, 1.807) is 0 Å². The van der Waals surface area contributed by atoms with E-state index in [-0.39, 0.29) is 5.75 Å². The van der Waals surface area contributed by atoms with Crippen LogP contribution in [0.25, 0.3) is 0 Å². The van der Waals surface area contributed by atoms with Crippen molar-refractivity contribution in [2.75, 3.05) is 50.9 Å². The normalized spacial score (nSPS) is 19.9. The first-order chi connectivity index (χ1) is 8.53. The van der Waals surface area contributed by atoms with Crippen molar-refractivity contribution in [2.24, 2.45) is 0 Å².